The van der Waals surface area contributed by atoms with Crippen LogP contribution in [-0.4, -0.2) is 17.5 Å². The van der Waals surface area contributed by atoms with Gasteiger partial charge in [-0.15, -0.1) is 23.7 Å². The molecule has 0 amide bonds. The van der Waals surface area contributed by atoms with E-state index in [4.69, 9.17) is 26.5 Å². The average molecular weight is 423 g/mol. The zero-order valence-electron chi connectivity index (χ0n) is 14.8. The van der Waals surface area contributed by atoms with Crippen LogP contribution in [0.2, 0.25) is 5.02 Å². The van der Waals surface area contributed by atoms with Crippen molar-refractivity contribution >= 4 is 41.2 Å². The van der Waals surface area contributed by atoms with E-state index in [9.17, 15) is 0 Å². The molecule has 1 heterocycles. The first-order valence-electron chi connectivity index (χ1n) is 8.27. The molecule has 0 radical (unpaired) electrons. The van der Waals surface area contributed by atoms with E-state index in [1.54, 1.807) is 0 Å². The summed E-state index contributed by atoms with van der Waals surface area (Å²) in [6.45, 7) is 2.80. The lowest BCUT2D eigenvalue weighted by atomic mass is 10.1. The Labute approximate surface area is 174 Å². The number of thiazole rings is 1. The summed E-state index contributed by atoms with van der Waals surface area (Å²) in [5, 5.41) is 11.2. The Kier molecular flexibility index (Phi) is 8.10. The molecule has 0 saturated carbocycles. The molecule has 2 aromatic carbocycles. The minimum atomic E-state index is 0. The zero-order chi connectivity index (χ0) is 18.4. The Bertz CT molecular complexity index is 885. The van der Waals surface area contributed by atoms with Crippen molar-refractivity contribution < 1.29 is 9.47 Å². The Morgan fingerprint density at radius 1 is 1.19 bits per heavy atom. The Morgan fingerprint density at radius 2 is 1.96 bits per heavy atom. The maximum Gasteiger partial charge on any atom is 0.233 e. The fraction of sp³-hybridized carbons (Fsp3) is 0.200. The van der Waals surface area contributed by atoms with Gasteiger partial charge in [0.15, 0.2) is 0 Å². The Hall–Kier alpha value is -2.08. The second-order valence-corrected chi connectivity index (χ2v) is 6.97. The molecule has 0 saturated heterocycles. The Balaban J connectivity index is 0.00000261. The molecule has 0 atom stereocenters. The molecule has 27 heavy (non-hydrogen) atoms. The average Bonchev–Trinajstić information content (AvgIpc) is 3.11. The highest BCUT2D eigenvalue weighted by atomic mass is 35.5. The van der Waals surface area contributed by atoms with Gasteiger partial charge in [-0.05, 0) is 30.7 Å². The van der Waals surface area contributed by atoms with Crippen LogP contribution in [0.15, 0.2) is 53.9 Å². The van der Waals surface area contributed by atoms with Gasteiger partial charge in [0.25, 0.3) is 0 Å². The molecule has 1 aromatic heterocycles. The second-order valence-electron chi connectivity index (χ2n) is 5.59. The van der Waals surface area contributed by atoms with Crippen LogP contribution in [0.3, 0.4) is 0 Å². The van der Waals surface area contributed by atoms with Gasteiger partial charge in [-0.3, -0.25) is 5.41 Å². The van der Waals surface area contributed by atoms with Crippen molar-refractivity contribution in [3.05, 3.63) is 80.8 Å². The minimum Gasteiger partial charge on any atom is -0.489 e. The minimum absolute atomic E-state index is 0. The highest BCUT2D eigenvalue weighted by Crippen LogP contribution is 2.27. The molecule has 4 nitrogen and oxygen atoms in total. The molecule has 0 aliphatic heterocycles. The van der Waals surface area contributed by atoms with Crippen molar-refractivity contribution in [1.82, 2.24) is 4.98 Å². The molecule has 3 aromatic rings. The molecule has 0 unspecified atom stereocenters. The number of ether oxygens (including phenoxy) is 2. The second kappa shape index (κ2) is 10.3. The fourth-order valence-corrected chi connectivity index (χ4v) is 3.43. The first-order valence-corrected chi connectivity index (χ1v) is 9.52. The number of hydrogen-bond acceptors (Lipinski definition) is 5. The first-order chi connectivity index (χ1) is 12.7. The number of benzene rings is 2. The Morgan fingerprint density at radius 3 is 2.70 bits per heavy atom. The summed E-state index contributed by atoms with van der Waals surface area (Å²) < 4.78 is 11.2. The van der Waals surface area contributed by atoms with Crippen molar-refractivity contribution in [2.75, 3.05) is 6.61 Å². The largest absolute Gasteiger partial charge is 0.489 e. The maximum atomic E-state index is 7.84. The van der Waals surface area contributed by atoms with E-state index in [1.807, 2.05) is 60.8 Å². The van der Waals surface area contributed by atoms with Gasteiger partial charge >= 0.3 is 0 Å². The lowest BCUT2D eigenvalue weighted by Crippen LogP contribution is -2.05. The molecular weight excluding hydrogens is 403 g/mol. The fourth-order valence-electron chi connectivity index (χ4n) is 2.44. The third-order valence-corrected chi connectivity index (χ3v) is 4.76. The predicted molar refractivity (Wildman–Crippen MR) is 113 cm³/mol. The van der Waals surface area contributed by atoms with Crippen LogP contribution in [0.5, 0.6) is 5.75 Å². The molecule has 0 bridgehead atoms. The third-order valence-electron chi connectivity index (χ3n) is 3.67. The van der Waals surface area contributed by atoms with Crippen molar-refractivity contribution in [3.8, 4) is 5.75 Å². The van der Waals surface area contributed by atoms with Crippen LogP contribution in [0, 0.1) is 5.41 Å². The van der Waals surface area contributed by atoms with Gasteiger partial charge in [0, 0.05) is 22.4 Å². The van der Waals surface area contributed by atoms with E-state index in [1.165, 1.54) is 11.3 Å². The number of nitrogens with one attached hydrogen (secondary N) is 1. The number of nitrogens with zero attached hydrogens (tertiary/aromatic N) is 1. The van der Waals surface area contributed by atoms with E-state index in [-0.39, 0.29) is 18.3 Å². The van der Waals surface area contributed by atoms with E-state index >= 15 is 0 Å². The van der Waals surface area contributed by atoms with Crippen LogP contribution in [0.1, 0.15) is 28.8 Å². The standard InChI is InChI=1S/C20H19ClN2O2S.ClH/c1-2-24-20(22)17-13-26-19(23-17)11-15-10-16(21)8-9-18(15)25-12-14-6-4-3-5-7-14;/h3-10,13,22H,2,11-12H2,1H3;1H. The normalized spacial score (nSPS) is 10.1. The van der Waals surface area contributed by atoms with E-state index in [2.05, 4.69) is 4.98 Å². The van der Waals surface area contributed by atoms with Crippen molar-refractivity contribution in [2.24, 2.45) is 0 Å². The van der Waals surface area contributed by atoms with E-state index in [0.29, 0.717) is 30.4 Å². The van der Waals surface area contributed by atoms with Gasteiger partial charge in [0.1, 0.15) is 18.1 Å². The summed E-state index contributed by atoms with van der Waals surface area (Å²) in [6.07, 6.45) is 0.592. The van der Waals surface area contributed by atoms with Gasteiger partial charge < -0.3 is 9.47 Å². The van der Waals surface area contributed by atoms with Gasteiger partial charge in [-0.2, -0.15) is 0 Å². The van der Waals surface area contributed by atoms with Gasteiger partial charge in [-0.1, -0.05) is 41.9 Å². The quantitative estimate of drug-likeness (QED) is 0.389. The van der Waals surface area contributed by atoms with Crippen LogP contribution < -0.4 is 4.74 Å². The highest BCUT2D eigenvalue weighted by Gasteiger charge is 2.12. The first kappa shape index (κ1) is 21.2. The molecule has 0 fully saturated rings. The van der Waals surface area contributed by atoms with Gasteiger partial charge in [0.2, 0.25) is 5.90 Å². The van der Waals surface area contributed by atoms with Gasteiger partial charge in [0.05, 0.1) is 11.6 Å². The number of hydrogen-bond donors (Lipinski definition) is 1. The monoisotopic (exact) mass is 422 g/mol. The molecule has 1 N–H and O–H groups in total. The summed E-state index contributed by atoms with van der Waals surface area (Å²) >= 11 is 7.67. The molecule has 3 rings (SSSR count). The maximum absolute atomic E-state index is 7.84. The molecule has 7 heteroatoms. The molecular formula is C20H20Cl2N2O2S. The van der Waals surface area contributed by atoms with Crippen LogP contribution in [0.25, 0.3) is 0 Å². The number of halogens is 2. The van der Waals surface area contributed by atoms with Crippen LogP contribution in [-0.2, 0) is 17.8 Å². The number of aromatic nitrogens is 1. The van der Waals surface area contributed by atoms with Crippen molar-refractivity contribution in [2.45, 2.75) is 20.0 Å². The zero-order valence-corrected chi connectivity index (χ0v) is 17.2. The van der Waals surface area contributed by atoms with E-state index in [0.717, 1.165) is 21.9 Å². The molecule has 0 aliphatic rings. The highest BCUT2D eigenvalue weighted by molar-refractivity contribution is 7.09. The van der Waals surface area contributed by atoms with E-state index < -0.39 is 0 Å². The smallest absolute Gasteiger partial charge is 0.233 e. The van der Waals surface area contributed by atoms with Crippen LogP contribution in [0.4, 0.5) is 0 Å². The molecule has 0 spiro atoms. The summed E-state index contributed by atoms with van der Waals surface area (Å²) in [7, 11) is 0. The topological polar surface area (TPSA) is 55.2 Å². The summed E-state index contributed by atoms with van der Waals surface area (Å²) in [6, 6.07) is 15.6. The van der Waals surface area contributed by atoms with Crippen LogP contribution >= 0.6 is 35.3 Å². The molecule has 0 aliphatic carbocycles. The summed E-state index contributed by atoms with van der Waals surface area (Å²) in [4.78, 5) is 4.48. The predicted octanol–water partition coefficient (Wildman–Crippen LogP) is 5.75. The lowest BCUT2D eigenvalue weighted by Gasteiger charge is -2.11. The third kappa shape index (κ3) is 5.96. The number of rotatable bonds is 7. The summed E-state index contributed by atoms with van der Waals surface area (Å²) in [5.74, 6) is 0.886. The lowest BCUT2D eigenvalue weighted by molar-refractivity contribution is 0.303. The molecule has 142 valence electrons. The van der Waals surface area contributed by atoms with Crippen molar-refractivity contribution in [1.29, 1.82) is 5.41 Å². The summed E-state index contributed by atoms with van der Waals surface area (Å²) in [5.41, 5.74) is 2.63. The van der Waals surface area contributed by atoms with Gasteiger partial charge in [-0.25, -0.2) is 4.98 Å². The SMILES string of the molecule is CCOC(=N)c1csc(Cc2cc(Cl)ccc2OCc2ccccc2)n1.Cl. The van der Waals surface area contributed by atoms with Crippen molar-refractivity contribution in [3.63, 3.8) is 0 Å².